The van der Waals surface area contributed by atoms with Gasteiger partial charge in [0.05, 0.1) is 23.0 Å². The van der Waals surface area contributed by atoms with Gasteiger partial charge in [-0.1, -0.05) is 28.4 Å². The molecule has 1 aromatic carbocycles. The van der Waals surface area contributed by atoms with Crippen molar-refractivity contribution in [2.75, 3.05) is 0 Å². The Morgan fingerprint density at radius 1 is 1.37 bits per heavy atom. The number of halogens is 3. The molecule has 5 nitrogen and oxygen atoms in total. The number of nitrogens with zero attached hydrogens (tertiary/aromatic N) is 2. The van der Waals surface area contributed by atoms with Crippen molar-refractivity contribution < 1.29 is 19.1 Å². The molecule has 2 aliphatic rings. The second-order valence-corrected chi connectivity index (χ2v) is 8.80. The normalized spacial score (nSPS) is 21.2. The summed E-state index contributed by atoms with van der Waals surface area (Å²) < 4.78 is 13.7. The van der Waals surface area contributed by atoms with E-state index in [-0.39, 0.29) is 10.0 Å². The van der Waals surface area contributed by atoms with Crippen LogP contribution in [0.25, 0.3) is 0 Å². The number of oxime groups is 1. The molecule has 1 atom stereocenters. The number of hydrogen-bond acceptors (Lipinski definition) is 5. The van der Waals surface area contributed by atoms with E-state index in [1.165, 1.54) is 23.5 Å². The Bertz CT molecular complexity index is 984. The molecule has 2 aliphatic heterocycles. The summed E-state index contributed by atoms with van der Waals surface area (Å²) in [5, 5.41) is 13.4. The largest absolute Gasteiger partial charge is 0.477 e. The fraction of sp³-hybridized carbons (Fsp3) is 0.333. The van der Waals surface area contributed by atoms with Gasteiger partial charge in [0.1, 0.15) is 10.7 Å². The highest BCUT2D eigenvalue weighted by atomic mass is 35.5. The van der Waals surface area contributed by atoms with Crippen molar-refractivity contribution >= 4 is 46.3 Å². The number of rotatable bonds is 2. The number of carboxylic acids is 1. The van der Waals surface area contributed by atoms with Crippen LogP contribution >= 0.6 is 34.5 Å². The van der Waals surface area contributed by atoms with Crippen LogP contribution in [0, 0.1) is 12.7 Å². The number of carboxylic acid groups (broad SMARTS) is 1. The van der Waals surface area contributed by atoms with E-state index in [9.17, 15) is 14.3 Å². The van der Waals surface area contributed by atoms with Crippen LogP contribution < -0.4 is 0 Å². The molecule has 27 heavy (non-hydrogen) atoms. The van der Waals surface area contributed by atoms with E-state index in [1.54, 1.807) is 0 Å². The van der Waals surface area contributed by atoms with Gasteiger partial charge in [-0.3, -0.25) is 0 Å². The monoisotopic (exact) mass is 428 g/mol. The van der Waals surface area contributed by atoms with Gasteiger partial charge in [0.15, 0.2) is 11.4 Å². The number of aromatic carboxylic acids is 1. The average Bonchev–Trinajstić information content (AvgIpc) is 3.27. The quantitative estimate of drug-likeness (QED) is 0.670. The van der Waals surface area contributed by atoms with Crippen LogP contribution in [0.1, 0.15) is 44.6 Å². The zero-order valence-corrected chi connectivity index (χ0v) is 16.8. The van der Waals surface area contributed by atoms with Crippen LogP contribution in [-0.2, 0) is 23.5 Å². The molecule has 0 saturated carbocycles. The van der Waals surface area contributed by atoms with Crippen LogP contribution in [0.4, 0.5) is 4.39 Å². The number of benzene rings is 1. The first-order valence-corrected chi connectivity index (χ1v) is 9.76. The molecule has 4 rings (SSSR count). The highest BCUT2D eigenvalue weighted by Gasteiger charge is 2.41. The molecule has 2 aromatic rings. The Labute approximate surface area is 168 Å². The zero-order chi connectivity index (χ0) is 19.5. The molecule has 1 unspecified atom stereocenters. The van der Waals surface area contributed by atoms with Crippen LogP contribution in [0.15, 0.2) is 17.3 Å². The third-order valence-electron chi connectivity index (χ3n) is 5.04. The number of amidine groups is 1. The molecule has 142 valence electrons. The maximum atomic E-state index is 13.7. The van der Waals surface area contributed by atoms with E-state index in [1.807, 2.05) is 13.8 Å². The molecule has 3 heterocycles. The average molecular weight is 429 g/mol. The van der Waals surface area contributed by atoms with Gasteiger partial charge >= 0.3 is 5.97 Å². The van der Waals surface area contributed by atoms with Crippen molar-refractivity contribution in [3.63, 3.8) is 0 Å². The lowest BCUT2D eigenvalue weighted by atomic mass is 9.92. The number of hydrogen-bond donors (Lipinski definition) is 1. The Kier molecular flexibility index (Phi) is 4.36. The fourth-order valence-corrected chi connectivity index (χ4v) is 5.11. The molecular weight excluding hydrogens is 414 g/mol. The number of thiophene rings is 1. The molecule has 0 aliphatic carbocycles. The summed E-state index contributed by atoms with van der Waals surface area (Å²) in [6, 6.07) is 3.01. The van der Waals surface area contributed by atoms with E-state index in [4.69, 9.17) is 28.0 Å². The van der Waals surface area contributed by atoms with Crippen molar-refractivity contribution in [3.05, 3.63) is 54.4 Å². The topological polar surface area (TPSA) is 62.1 Å². The Morgan fingerprint density at radius 3 is 2.63 bits per heavy atom. The minimum Gasteiger partial charge on any atom is -0.477 e. The van der Waals surface area contributed by atoms with E-state index in [2.05, 4.69) is 10.1 Å². The summed E-state index contributed by atoms with van der Waals surface area (Å²) in [7, 11) is 0. The lowest BCUT2D eigenvalue weighted by molar-refractivity contribution is -0.00743. The standard InChI is InChI=1S/C18H15Cl2FN2O3S/c1-8-10-6-23(7-13(10)27-16(8)17(24)25)14-5-18(2,26-22-14)9-3-11(19)15(21)12(20)4-9/h3-4H,5-7H2,1-2H3,(H,24,25). The van der Waals surface area contributed by atoms with Gasteiger partial charge in [-0.05, 0) is 37.1 Å². The van der Waals surface area contributed by atoms with Crippen molar-refractivity contribution in [3.8, 4) is 0 Å². The molecule has 0 bridgehead atoms. The molecule has 0 fully saturated rings. The van der Waals surface area contributed by atoms with Crippen LogP contribution in [0.5, 0.6) is 0 Å². The Hall–Kier alpha value is -1.83. The van der Waals surface area contributed by atoms with Gasteiger partial charge in [0.25, 0.3) is 0 Å². The first kappa shape index (κ1) is 18.5. The third-order valence-corrected chi connectivity index (χ3v) is 6.90. The highest BCUT2D eigenvalue weighted by molar-refractivity contribution is 7.14. The minimum atomic E-state index is -0.891. The van der Waals surface area contributed by atoms with E-state index < -0.39 is 17.4 Å². The lowest BCUT2D eigenvalue weighted by Gasteiger charge is -2.24. The second kappa shape index (κ2) is 6.36. The number of fused-ring (bicyclic) bond motifs is 1. The number of carbonyl (C=O) groups is 1. The van der Waals surface area contributed by atoms with Crippen LogP contribution in [0.2, 0.25) is 10.0 Å². The van der Waals surface area contributed by atoms with Gasteiger partial charge in [-0.2, -0.15) is 0 Å². The predicted molar refractivity (Wildman–Crippen MR) is 102 cm³/mol. The Morgan fingerprint density at radius 2 is 2.04 bits per heavy atom. The molecule has 0 saturated heterocycles. The molecule has 0 amide bonds. The molecule has 1 aromatic heterocycles. The summed E-state index contributed by atoms with van der Waals surface area (Å²) in [6.45, 7) is 4.87. The SMILES string of the molecule is Cc1c(C(=O)O)sc2c1CN(C1=NOC(C)(c3cc(Cl)c(F)c(Cl)c3)C1)C2. The van der Waals surface area contributed by atoms with E-state index in [0.717, 1.165) is 21.8 Å². The summed E-state index contributed by atoms with van der Waals surface area (Å²) >= 11 is 13.1. The van der Waals surface area contributed by atoms with Crippen molar-refractivity contribution in [1.29, 1.82) is 0 Å². The maximum Gasteiger partial charge on any atom is 0.346 e. The third kappa shape index (κ3) is 2.98. The molecule has 9 heteroatoms. The van der Waals surface area contributed by atoms with Gasteiger partial charge < -0.3 is 14.8 Å². The Balaban J connectivity index is 1.54. The predicted octanol–water partition coefficient (Wildman–Crippen LogP) is 5.17. The molecule has 0 spiro atoms. The smallest absolute Gasteiger partial charge is 0.346 e. The van der Waals surface area contributed by atoms with Crippen molar-refractivity contribution in [2.45, 2.75) is 39.0 Å². The van der Waals surface area contributed by atoms with Gasteiger partial charge in [-0.15, -0.1) is 11.3 Å². The maximum absolute atomic E-state index is 13.7. The van der Waals surface area contributed by atoms with Gasteiger partial charge in [0, 0.05) is 17.0 Å². The van der Waals surface area contributed by atoms with Crippen molar-refractivity contribution in [1.82, 2.24) is 4.90 Å². The van der Waals surface area contributed by atoms with Gasteiger partial charge in [0.2, 0.25) is 0 Å². The summed E-state index contributed by atoms with van der Waals surface area (Å²) in [6.07, 6.45) is 0.477. The molecule has 0 radical (unpaired) electrons. The highest BCUT2D eigenvalue weighted by Crippen LogP contribution is 2.41. The van der Waals surface area contributed by atoms with Crippen LogP contribution in [0.3, 0.4) is 0 Å². The first-order valence-electron chi connectivity index (χ1n) is 8.19. The summed E-state index contributed by atoms with van der Waals surface area (Å²) in [5.41, 5.74) is 1.70. The zero-order valence-electron chi connectivity index (χ0n) is 14.5. The lowest BCUT2D eigenvalue weighted by Crippen LogP contribution is -2.29. The summed E-state index contributed by atoms with van der Waals surface area (Å²) in [5.74, 6) is -0.787. The van der Waals surface area contributed by atoms with Crippen LogP contribution in [-0.4, -0.2) is 21.8 Å². The van der Waals surface area contributed by atoms with E-state index in [0.29, 0.717) is 30.0 Å². The first-order chi connectivity index (χ1) is 12.7. The van der Waals surface area contributed by atoms with Crippen molar-refractivity contribution in [2.24, 2.45) is 5.16 Å². The van der Waals surface area contributed by atoms with Gasteiger partial charge in [-0.25, -0.2) is 9.18 Å². The van der Waals surface area contributed by atoms with E-state index >= 15 is 0 Å². The molecular formula is C18H15Cl2FN2O3S. The summed E-state index contributed by atoms with van der Waals surface area (Å²) in [4.78, 5) is 20.5. The second-order valence-electron chi connectivity index (χ2n) is 6.88. The molecule has 1 N–H and O–H groups in total. The fourth-order valence-electron chi connectivity index (χ4n) is 3.45. The minimum absolute atomic E-state index is 0.0593.